The van der Waals surface area contributed by atoms with Crippen molar-refractivity contribution in [3.8, 4) is 0 Å². The lowest BCUT2D eigenvalue weighted by atomic mass is 9.87. The maximum atomic E-state index is 11.8. The van der Waals surface area contributed by atoms with Crippen LogP contribution in [0.15, 0.2) is 35.5 Å². The minimum atomic E-state index is -0.856. The summed E-state index contributed by atoms with van der Waals surface area (Å²) in [7, 11) is 0. The molecule has 2 atom stereocenters. The zero-order valence-corrected chi connectivity index (χ0v) is 14.6. The second-order valence-electron chi connectivity index (χ2n) is 7.24. The van der Waals surface area contributed by atoms with Crippen LogP contribution in [0.4, 0.5) is 0 Å². The van der Waals surface area contributed by atoms with Crippen molar-refractivity contribution in [2.75, 3.05) is 19.8 Å². The topological polar surface area (TPSA) is 76.0 Å². The molecule has 0 aromatic rings. The molecule has 24 heavy (non-hydrogen) atoms. The number of aliphatic hydroxyl groups excluding tert-OH is 1. The summed E-state index contributed by atoms with van der Waals surface area (Å²) < 4.78 is 11.0. The Kier molecular flexibility index (Phi) is 6.38. The summed E-state index contributed by atoms with van der Waals surface area (Å²) in [4.78, 5) is 11.8. The van der Waals surface area contributed by atoms with E-state index in [2.05, 4.69) is 12.7 Å². The molecule has 0 spiro atoms. The molecule has 2 N–H and O–H groups in total. The fourth-order valence-corrected chi connectivity index (χ4v) is 3.04. The third-order valence-electron chi connectivity index (χ3n) is 4.39. The highest BCUT2D eigenvalue weighted by atomic mass is 16.6. The van der Waals surface area contributed by atoms with E-state index in [-0.39, 0.29) is 31.2 Å². The Labute approximate surface area is 143 Å². The molecule has 1 fully saturated rings. The number of esters is 1. The van der Waals surface area contributed by atoms with Crippen molar-refractivity contribution in [2.24, 2.45) is 5.92 Å². The van der Waals surface area contributed by atoms with Gasteiger partial charge in [-0.15, -0.1) is 0 Å². The Hall–Kier alpha value is -1.43. The quantitative estimate of drug-likeness (QED) is 0.458. The van der Waals surface area contributed by atoms with E-state index in [4.69, 9.17) is 9.47 Å². The zero-order chi connectivity index (χ0) is 17.7. The van der Waals surface area contributed by atoms with Gasteiger partial charge in [-0.3, -0.25) is 0 Å². The van der Waals surface area contributed by atoms with Crippen LogP contribution >= 0.6 is 0 Å². The van der Waals surface area contributed by atoms with Gasteiger partial charge in [0.1, 0.15) is 6.10 Å². The molecule has 2 aliphatic rings. The van der Waals surface area contributed by atoms with Crippen LogP contribution in [0.3, 0.4) is 0 Å². The van der Waals surface area contributed by atoms with Gasteiger partial charge in [-0.2, -0.15) is 0 Å². The Morgan fingerprint density at radius 1 is 1.38 bits per heavy atom. The second-order valence-corrected chi connectivity index (χ2v) is 7.24. The molecule has 1 saturated heterocycles. The van der Waals surface area contributed by atoms with E-state index in [1.807, 2.05) is 6.08 Å². The second kappa shape index (κ2) is 8.10. The number of fused-ring (bicyclic) bond motifs is 1. The molecule has 0 aromatic heterocycles. The van der Waals surface area contributed by atoms with Gasteiger partial charge in [0, 0.05) is 17.9 Å². The highest BCUT2D eigenvalue weighted by Gasteiger charge is 2.38. The van der Waals surface area contributed by atoms with Gasteiger partial charge in [0.05, 0.1) is 25.4 Å². The minimum absolute atomic E-state index is 0.0263. The first-order chi connectivity index (χ1) is 11.3. The Balaban J connectivity index is 2.09. The van der Waals surface area contributed by atoms with Gasteiger partial charge in [0.25, 0.3) is 0 Å². The van der Waals surface area contributed by atoms with Crippen molar-refractivity contribution in [3.05, 3.63) is 35.5 Å². The van der Waals surface area contributed by atoms with Gasteiger partial charge in [0.2, 0.25) is 0 Å². The zero-order valence-electron chi connectivity index (χ0n) is 14.6. The Morgan fingerprint density at radius 3 is 2.79 bits per heavy atom. The standard InChI is InChI=1S/C19H28O5/c1-13-16-8-7-14(11-23-12-19(2,3)22)5-4-6-15(10-20)9-17(16)24-18(13)21/h6-7,16-17,20,22H,1,4-5,8-12H2,2-3H3/b14-7-,15-6-/t16-,17+/m1/s1. The molecule has 1 aliphatic heterocycles. The van der Waals surface area contributed by atoms with Crippen LogP contribution in [-0.4, -0.2) is 47.7 Å². The molecule has 1 aliphatic carbocycles. The smallest absolute Gasteiger partial charge is 0.334 e. The predicted molar refractivity (Wildman–Crippen MR) is 91.3 cm³/mol. The average molecular weight is 336 g/mol. The van der Waals surface area contributed by atoms with E-state index in [0.717, 1.165) is 24.0 Å². The summed E-state index contributed by atoms with van der Waals surface area (Å²) in [6.07, 6.45) is 6.73. The fourth-order valence-electron chi connectivity index (χ4n) is 3.04. The number of hydrogen-bond donors (Lipinski definition) is 2. The summed E-state index contributed by atoms with van der Waals surface area (Å²) in [6.45, 7) is 7.97. The number of ether oxygens (including phenoxy) is 2. The van der Waals surface area contributed by atoms with Crippen molar-refractivity contribution in [1.29, 1.82) is 0 Å². The molecule has 0 radical (unpaired) electrons. The largest absolute Gasteiger partial charge is 0.458 e. The van der Waals surface area contributed by atoms with Crippen LogP contribution in [0.25, 0.3) is 0 Å². The normalized spacial score (nSPS) is 30.0. The van der Waals surface area contributed by atoms with E-state index in [1.54, 1.807) is 13.8 Å². The van der Waals surface area contributed by atoms with Crippen molar-refractivity contribution in [3.63, 3.8) is 0 Å². The number of aliphatic hydroxyl groups is 2. The van der Waals surface area contributed by atoms with Crippen LogP contribution in [0.2, 0.25) is 0 Å². The highest BCUT2D eigenvalue weighted by molar-refractivity contribution is 5.90. The molecule has 2 rings (SSSR count). The summed E-state index contributed by atoms with van der Waals surface area (Å²) in [5.74, 6) is -0.399. The Morgan fingerprint density at radius 2 is 2.12 bits per heavy atom. The first kappa shape index (κ1) is 18.9. The van der Waals surface area contributed by atoms with Crippen molar-refractivity contribution in [2.45, 2.75) is 51.2 Å². The molecule has 0 saturated carbocycles. The average Bonchev–Trinajstić information content (AvgIpc) is 2.77. The van der Waals surface area contributed by atoms with Gasteiger partial charge in [-0.1, -0.05) is 18.7 Å². The Bertz CT molecular complexity index is 538. The summed E-state index contributed by atoms with van der Waals surface area (Å²) >= 11 is 0. The monoisotopic (exact) mass is 336 g/mol. The van der Waals surface area contributed by atoms with Gasteiger partial charge >= 0.3 is 5.97 Å². The first-order valence-electron chi connectivity index (χ1n) is 8.46. The minimum Gasteiger partial charge on any atom is -0.458 e. The predicted octanol–water partition coefficient (Wildman–Crippen LogP) is 2.29. The lowest BCUT2D eigenvalue weighted by molar-refractivity contribution is -0.139. The number of hydrogen-bond acceptors (Lipinski definition) is 5. The number of allylic oxidation sites excluding steroid dienone is 2. The van der Waals surface area contributed by atoms with Gasteiger partial charge in [0.15, 0.2) is 0 Å². The van der Waals surface area contributed by atoms with Gasteiger partial charge < -0.3 is 19.7 Å². The summed E-state index contributed by atoms with van der Waals surface area (Å²) in [5.41, 5.74) is 1.67. The molecule has 5 nitrogen and oxygen atoms in total. The molecule has 0 unspecified atom stereocenters. The van der Waals surface area contributed by atoms with Crippen LogP contribution in [-0.2, 0) is 14.3 Å². The SMILES string of the molecule is C=C1C(=O)O[C@H]2C/C(CO)=C/CC/C(COCC(C)(C)O)=C/C[C@H]12. The molecular weight excluding hydrogens is 308 g/mol. The van der Waals surface area contributed by atoms with Crippen LogP contribution in [0, 0.1) is 5.92 Å². The molecule has 0 bridgehead atoms. The summed E-state index contributed by atoms with van der Waals surface area (Å²) in [6, 6.07) is 0. The number of carbonyl (C=O) groups excluding carboxylic acids is 1. The van der Waals surface area contributed by atoms with Crippen molar-refractivity contribution >= 4 is 5.97 Å². The van der Waals surface area contributed by atoms with E-state index < -0.39 is 5.60 Å². The van der Waals surface area contributed by atoms with Crippen molar-refractivity contribution < 1.29 is 24.5 Å². The molecule has 5 heteroatoms. The third kappa shape index (κ3) is 5.30. The van der Waals surface area contributed by atoms with E-state index in [1.165, 1.54) is 0 Å². The highest BCUT2D eigenvalue weighted by Crippen LogP contribution is 2.34. The molecule has 134 valence electrons. The maximum absolute atomic E-state index is 11.8. The lowest BCUT2D eigenvalue weighted by Crippen LogP contribution is -2.26. The summed E-state index contributed by atoms with van der Waals surface area (Å²) in [5, 5.41) is 19.3. The van der Waals surface area contributed by atoms with Crippen LogP contribution < -0.4 is 0 Å². The lowest BCUT2D eigenvalue weighted by Gasteiger charge is -2.21. The van der Waals surface area contributed by atoms with Gasteiger partial charge in [-0.25, -0.2) is 4.79 Å². The van der Waals surface area contributed by atoms with E-state index >= 15 is 0 Å². The number of carbonyl (C=O) groups is 1. The van der Waals surface area contributed by atoms with Crippen molar-refractivity contribution in [1.82, 2.24) is 0 Å². The molecule has 1 heterocycles. The molecular formula is C19H28O5. The first-order valence-corrected chi connectivity index (χ1v) is 8.46. The maximum Gasteiger partial charge on any atom is 0.334 e. The molecule has 0 amide bonds. The van der Waals surface area contributed by atoms with Crippen LogP contribution in [0.1, 0.15) is 39.5 Å². The fraction of sp³-hybridized carbons (Fsp3) is 0.632. The third-order valence-corrected chi connectivity index (χ3v) is 4.39. The van der Waals surface area contributed by atoms with Crippen LogP contribution in [0.5, 0.6) is 0 Å². The van der Waals surface area contributed by atoms with Gasteiger partial charge in [-0.05, 0) is 44.3 Å². The van der Waals surface area contributed by atoms with E-state index in [9.17, 15) is 15.0 Å². The van der Waals surface area contributed by atoms with E-state index in [0.29, 0.717) is 25.0 Å². The number of rotatable bonds is 5. The molecule has 0 aromatic carbocycles.